The minimum absolute atomic E-state index is 0.0526. The Kier molecular flexibility index (Phi) is 3.59. The maximum atomic E-state index is 12.6. The molecule has 0 aliphatic carbocycles. The summed E-state index contributed by atoms with van der Waals surface area (Å²) < 4.78 is 0.636. The molecule has 0 fully saturated rings. The Morgan fingerprint density at radius 2 is 2.05 bits per heavy atom. The zero-order valence-corrected chi connectivity index (χ0v) is 12.9. The van der Waals surface area contributed by atoms with Gasteiger partial charge in [-0.1, -0.05) is 12.1 Å². The smallest absolute Gasteiger partial charge is 0.255 e. The molecule has 0 unspecified atom stereocenters. The van der Waals surface area contributed by atoms with Crippen molar-refractivity contribution in [2.24, 2.45) is 0 Å². The molecule has 0 atom stereocenters. The van der Waals surface area contributed by atoms with E-state index in [0.717, 1.165) is 12.0 Å². The third kappa shape index (κ3) is 2.61. The standard InChI is InChI=1S/C16H15BrN2O2/c17-15-13(2-1-3-14(15)18)16(21)19-7-6-10-4-5-12(20)8-11(10)9-19/h1-5,8,20H,6-7,9,18H2. The number of phenols is 1. The number of hydrogen-bond acceptors (Lipinski definition) is 3. The fourth-order valence-corrected chi connectivity index (χ4v) is 3.04. The van der Waals surface area contributed by atoms with Gasteiger partial charge in [-0.2, -0.15) is 0 Å². The summed E-state index contributed by atoms with van der Waals surface area (Å²) in [5.41, 5.74) is 9.13. The molecule has 2 aromatic carbocycles. The van der Waals surface area contributed by atoms with E-state index in [4.69, 9.17) is 5.73 Å². The van der Waals surface area contributed by atoms with Crippen LogP contribution in [0.5, 0.6) is 5.75 Å². The van der Waals surface area contributed by atoms with Crippen LogP contribution in [0.4, 0.5) is 5.69 Å². The van der Waals surface area contributed by atoms with Crippen LogP contribution in [0.25, 0.3) is 0 Å². The number of nitrogen functional groups attached to an aromatic ring is 1. The van der Waals surface area contributed by atoms with E-state index >= 15 is 0 Å². The Morgan fingerprint density at radius 1 is 1.24 bits per heavy atom. The molecule has 1 amide bonds. The first-order valence-corrected chi connectivity index (χ1v) is 7.49. The van der Waals surface area contributed by atoms with Crippen molar-refractivity contribution >= 4 is 27.5 Å². The molecule has 0 radical (unpaired) electrons. The Hall–Kier alpha value is -2.01. The van der Waals surface area contributed by atoms with Gasteiger partial charge in [0.25, 0.3) is 5.91 Å². The maximum absolute atomic E-state index is 12.6. The van der Waals surface area contributed by atoms with E-state index in [2.05, 4.69) is 15.9 Å². The first kappa shape index (κ1) is 13.9. The molecule has 0 saturated carbocycles. The highest BCUT2D eigenvalue weighted by atomic mass is 79.9. The molecule has 0 bridgehead atoms. The Morgan fingerprint density at radius 3 is 2.86 bits per heavy atom. The summed E-state index contributed by atoms with van der Waals surface area (Å²) in [7, 11) is 0. The Balaban J connectivity index is 1.89. The lowest BCUT2D eigenvalue weighted by molar-refractivity contribution is 0.0733. The number of amides is 1. The van der Waals surface area contributed by atoms with Gasteiger partial charge in [0.1, 0.15) is 5.75 Å². The van der Waals surface area contributed by atoms with Gasteiger partial charge in [-0.25, -0.2) is 0 Å². The molecule has 2 aromatic rings. The van der Waals surface area contributed by atoms with Gasteiger partial charge in [0, 0.05) is 18.8 Å². The summed E-state index contributed by atoms with van der Waals surface area (Å²) in [5.74, 6) is 0.177. The summed E-state index contributed by atoms with van der Waals surface area (Å²) in [6, 6.07) is 10.6. The topological polar surface area (TPSA) is 66.6 Å². The van der Waals surface area contributed by atoms with Crippen LogP contribution in [-0.4, -0.2) is 22.5 Å². The highest BCUT2D eigenvalue weighted by molar-refractivity contribution is 9.10. The predicted octanol–water partition coefficient (Wildman–Crippen LogP) is 2.94. The summed E-state index contributed by atoms with van der Waals surface area (Å²) in [4.78, 5) is 14.4. The highest BCUT2D eigenvalue weighted by Gasteiger charge is 2.23. The van der Waals surface area contributed by atoms with Gasteiger partial charge in [0.2, 0.25) is 0 Å². The minimum atomic E-state index is -0.0526. The number of nitrogens with two attached hydrogens (primary N) is 1. The molecule has 3 N–H and O–H groups in total. The molecule has 21 heavy (non-hydrogen) atoms. The predicted molar refractivity (Wildman–Crippen MR) is 85.1 cm³/mol. The third-order valence-electron chi connectivity index (χ3n) is 3.75. The zero-order chi connectivity index (χ0) is 15.0. The summed E-state index contributed by atoms with van der Waals surface area (Å²) >= 11 is 3.38. The molecule has 0 aromatic heterocycles. The molecule has 4 nitrogen and oxygen atoms in total. The van der Waals surface area contributed by atoms with Crippen LogP contribution >= 0.6 is 15.9 Å². The Labute approximate surface area is 131 Å². The van der Waals surface area contributed by atoms with Crippen LogP contribution in [0.1, 0.15) is 21.5 Å². The number of aromatic hydroxyl groups is 1. The van der Waals surface area contributed by atoms with Crippen molar-refractivity contribution < 1.29 is 9.90 Å². The fourth-order valence-electron chi connectivity index (χ4n) is 2.60. The van der Waals surface area contributed by atoms with Gasteiger partial charge in [0.05, 0.1) is 10.0 Å². The largest absolute Gasteiger partial charge is 0.508 e. The molecule has 108 valence electrons. The van der Waals surface area contributed by atoms with E-state index in [9.17, 15) is 9.90 Å². The first-order chi connectivity index (χ1) is 10.1. The third-order valence-corrected chi connectivity index (χ3v) is 4.63. The number of anilines is 1. The number of benzene rings is 2. The van der Waals surface area contributed by atoms with Crippen LogP contribution in [0.3, 0.4) is 0 Å². The average molecular weight is 347 g/mol. The van der Waals surface area contributed by atoms with Crippen molar-refractivity contribution in [3.8, 4) is 5.75 Å². The van der Waals surface area contributed by atoms with E-state index < -0.39 is 0 Å². The number of halogens is 1. The first-order valence-electron chi connectivity index (χ1n) is 6.70. The van der Waals surface area contributed by atoms with E-state index in [0.29, 0.717) is 28.8 Å². The summed E-state index contributed by atoms with van der Waals surface area (Å²) in [6.45, 7) is 1.17. The normalized spacial score (nSPS) is 13.9. The quantitative estimate of drug-likeness (QED) is 0.780. The van der Waals surface area contributed by atoms with E-state index in [1.54, 1.807) is 35.2 Å². The van der Waals surface area contributed by atoms with Crippen LogP contribution < -0.4 is 5.73 Å². The highest BCUT2D eigenvalue weighted by Crippen LogP contribution is 2.28. The number of fused-ring (bicyclic) bond motifs is 1. The number of rotatable bonds is 1. The SMILES string of the molecule is Nc1cccc(C(=O)N2CCc3ccc(O)cc3C2)c1Br. The van der Waals surface area contributed by atoms with Crippen LogP contribution in [0.15, 0.2) is 40.9 Å². The maximum Gasteiger partial charge on any atom is 0.255 e. The average Bonchev–Trinajstić information content (AvgIpc) is 2.48. The molecular formula is C16H15BrN2O2. The van der Waals surface area contributed by atoms with Gasteiger partial charge in [0.15, 0.2) is 0 Å². The van der Waals surface area contributed by atoms with Crippen LogP contribution in [0, 0.1) is 0 Å². The zero-order valence-electron chi connectivity index (χ0n) is 11.3. The van der Waals surface area contributed by atoms with Crippen molar-refractivity contribution in [1.82, 2.24) is 4.90 Å². The second kappa shape index (κ2) is 5.41. The number of phenolic OH excluding ortho intramolecular Hbond substituents is 1. The Bertz CT molecular complexity index is 715. The molecule has 1 aliphatic heterocycles. The molecular weight excluding hydrogens is 332 g/mol. The van der Waals surface area contributed by atoms with E-state index in [1.165, 1.54) is 5.56 Å². The van der Waals surface area contributed by atoms with E-state index in [-0.39, 0.29) is 11.7 Å². The number of carbonyl (C=O) groups excluding carboxylic acids is 1. The molecule has 0 saturated heterocycles. The minimum Gasteiger partial charge on any atom is -0.508 e. The van der Waals surface area contributed by atoms with Gasteiger partial charge in [-0.15, -0.1) is 0 Å². The van der Waals surface area contributed by atoms with Crippen LogP contribution in [-0.2, 0) is 13.0 Å². The van der Waals surface area contributed by atoms with Gasteiger partial charge >= 0.3 is 0 Å². The van der Waals surface area contributed by atoms with Crippen molar-refractivity contribution in [2.75, 3.05) is 12.3 Å². The second-order valence-electron chi connectivity index (χ2n) is 5.14. The van der Waals surface area contributed by atoms with Crippen LogP contribution in [0.2, 0.25) is 0 Å². The monoisotopic (exact) mass is 346 g/mol. The fraction of sp³-hybridized carbons (Fsp3) is 0.188. The molecule has 3 rings (SSSR count). The van der Waals surface area contributed by atoms with Gasteiger partial charge < -0.3 is 15.7 Å². The lowest BCUT2D eigenvalue weighted by Crippen LogP contribution is -2.36. The number of hydrogen-bond donors (Lipinski definition) is 2. The van der Waals surface area contributed by atoms with Crippen molar-refractivity contribution in [3.05, 3.63) is 57.6 Å². The second-order valence-corrected chi connectivity index (χ2v) is 5.93. The van der Waals surface area contributed by atoms with Crippen molar-refractivity contribution in [1.29, 1.82) is 0 Å². The summed E-state index contributed by atoms with van der Waals surface area (Å²) in [5, 5.41) is 9.58. The van der Waals surface area contributed by atoms with Gasteiger partial charge in [-0.05, 0) is 57.7 Å². The molecule has 0 spiro atoms. The number of carbonyl (C=O) groups is 1. The molecule has 5 heteroatoms. The number of nitrogens with zero attached hydrogens (tertiary/aromatic N) is 1. The van der Waals surface area contributed by atoms with Gasteiger partial charge in [-0.3, -0.25) is 4.79 Å². The molecule has 1 aliphatic rings. The molecule has 1 heterocycles. The van der Waals surface area contributed by atoms with Crippen molar-refractivity contribution in [2.45, 2.75) is 13.0 Å². The lowest BCUT2D eigenvalue weighted by Gasteiger charge is -2.29. The van der Waals surface area contributed by atoms with Crippen molar-refractivity contribution in [3.63, 3.8) is 0 Å². The lowest BCUT2D eigenvalue weighted by atomic mass is 9.99. The van der Waals surface area contributed by atoms with E-state index in [1.807, 2.05) is 6.07 Å². The summed E-state index contributed by atoms with van der Waals surface area (Å²) in [6.07, 6.45) is 0.793.